The molecule has 162 valence electrons. The molecule has 0 bridgehead atoms. The molecule has 1 saturated heterocycles. The highest BCUT2D eigenvalue weighted by Crippen LogP contribution is 2.47. The second-order valence-corrected chi connectivity index (χ2v) is 8.77. The number of benzene rings is 2. The first-order valence-corrected chi connectivity index (χ1v) is 11.0. The van der Waals surface area contributed by atoms with Crippen LogP contribution in [0.4, 0.5) is 0 Å². The fourth-order valence-corrected chi connectivity index (χ4v) is 4.36. The zero-order valence-electron chi connectivity index (χ0n) is 18.0. The molecule has 0 radical (unpaired) electrons. The van der Waals surface area contributed by atoms with Gasteiger partial charge in [-0.15, -0.1) is 24.0 Å². The van der Waals surface area contributed by atoms with Gasteiger partial charge in [0.2, 0.25) is 0 Å². The molecule has 0 atom stereocenters. The lowest BCUT2D eigenvalue weighted by Crippen LogP contribution is -2.49. The number of nitrogens with one attached hydrogen (secondary N) is 2. The normalized spacial score (nSPS) is 19.0. The van der Waals surface area contributed by atoms with Crippen LogP contribution in [0.25, 0.3) is 0 Å². The Morgan fingerprint density at radius 1 is 0.967 bits per heavy atom. The molecule has 4 nitrogen and oxygen atoms in total. The van der Waals surface area contributed by atoms with Crippen molar-refractivity contribution in [1.29, 1.82) is 0 Å². The molecule has 0 aromatic heterocycles. The van der Waals surface area contributed by atoms with Crippen LogP contribution in [-0.2, 0) is 13.0 Å². The largest absolute Gasteiger partial charge is 0.356 e. The molecular weight excluding hydrogens is 483 g/mol. The van der Waals surface area contributed by atoms with Gasteiger partial charge in [-0.2, -0.15) is 0 Å². The Balaban J connectivity index is 0.00000256. The number of hydrogen-bond acceptors (Lipinski definition) is 2. The molecule has 5 heteroatoms. The van der Waals surface area contributed by atoms with Crippen LogP contribution >= 0.6 is 24.0 Å². The Kier molecular flexibility index (Phi) is 8.57. The van der Waals surface area contributed by atoms with Gasteiger partial charge in [-0.1, -0.05) is 60.7 Å². The van der Waals surface area contributed by atoms with Gasteiger partial charge in [-0.25, -0.2) is 0 Å². The van der Waals surface area contributed by atoms with E-state index in [1.807, 2.05) is 7.05 Å². The van der Waals surface area contributed by atoms with Crippen molar-refractivity contribution in [3.63, 3.8) is 0 Å². The van der Waals surface area contributed by atoms with Gasteiger partial charge in [0, 0.05) is 39.3 Å². The quantitative estimate of drug-likeness (QED) is 0.323. The average Bonchev–Trinajstić information content (AvgIpc) is 3.53. The van der Waals surface area contributed by atoms with Gasteiger partial charge in [0.05, 0.1) is 0 Å². The fourth-order valence-electron chi connectivity index (χ4n) is 4.36. The molecule has 1 heterocycles. The van der Waals surface area contributed by atoms with Crippen molar-refractivity contribution in [2.45, 2.75) is 44.7 Å². The Morgan fingerprint density at radius 3 is 2.13 bits per heavy atom. The van der Waals surface area contributed by atoms with E-state index in [4.69, 9.17) is 0 Å². The molecule has 1 saturated carbocycles. The van der Waals surface area contributed by atoms with Crippen LogP contribution in [0.2, 0.25) is 0 Å². The highest BCUT2D eigenvalue weighted by molar-refractivity contribution is 14.0. The number of likely N-dealkylation sites (tertiary alicyclic amines) is 1. The summed E-state index contributed by atoms with van der Waals surface area (Å²) in [6.45, 7) is 4.35. The topological polar surface area (TPSA) is 39.7 Å². The van der Waals surface area contributed by atoms with E-state index in [1.165, 1.54) is 36.8 Å². The van der Waals surface area contributed by atoms with E-state index >= 15 is 0 Å². The van der Waals surface area contributed by atoms with Crippen LogP contribution in [0.3, 0.4) is 0 Å². The number of piperidine rings is 1. The number of halogens is 1. The summed E-state index contributed by atoms with van der Waals surface area (Å²) in [7, 11) is 1.89. The third-order valence-corrected chi connectivity index (χ3v) is 6.41. The Labute approximate surface area is 198 Å². The Bertz CT molecular complexity index is 781. The van der Waals surface area contributed by atoms with Crippen molar-refractivity contribution in [2.24, 2.45) is 10.4 Å². The summed E-state index contributed by atoms with van der Waals surface area (Å²) in [6, 6.07) is 22.2. The third kappa shape index (κ3) is 6.71. The van der Waals surface area contributed by atoms with E-state index in [0.29, 0.717) is 11.5 Å². The maximum atomic E-state index is 4.49. The molecule has 1 aliphatic carbocycles. The molecule has 0 unspecified atom stereocenters. The van der Waals surface area contributed by atoms with Gasteiger partial charge in [0.1, 0.15) is 0 Å². The van der Waals surface area contributed by atoms with Crippen molar-refractivity contribution in [1.82, 2.24) is 15.5 Å². The number of aliphatic imine (C=N–C) groups is 1. The van der Waals surface area contributed by atoms with Gasteiger partial charge in [-0.3, -0.25) is 9.89 Å². The van der Waals surface area contributed by atoms with E-state index in [1.54, 1.807) is 0 Å². The van der Waals surface area contributed by atoms with Gasteiger partial charge in [0.15, 0.2) is 5.96 Å². The highest BCUT2D eigenvalue weighted by Gasteiger charge is 2.42. The zero-order valence-corrected chi connectivity index (χ0v) is 20.3. The van der Waals surface area contributed by atoms with E-state index < -0.39 is 0 Å². The second-order valence-electron chi connectivity index (χ2n) is 8.77. The molecule has 4 rings (SSSR count). The standard InChI is InChI=1S/C25H34N4.HI/c1-26-24(27-20-25(14-15-25)18-21-8-4-2-5-9-21)28-23-12-16-29(17-13-23)19-22-10-6-3-7-11-22;/h2-11,23H,12-20H2,1H3,(H2,26,27,28);1H. The number of nitrogens with zero attached hydrogens (tertiary/aromatic N) is 2. The first-order chi connectivity index (χ1) is 14.2. The average molecular weight is 518 g/mol. The van der Waals surface area contributed by atoms with Crippen molar-refractivity contribution < 1.29 is 0 Å². The monoisotopic (exact) mass is 518 g/mol. The minimum Gasteiger partial charge on any atom is -0.356 e. The van der Waals surface area contributed by atoms with Crippen LogP contribution < -0.4 is 10.6 Å². The van der Waals surface area contributed by atoms with Gasteiger partial charge in [0.25, 0.3) is 0 Å². The fraction of sp³-hybridized carbons (Fsp3) is 0.480. The summed E-state index contributed by atoms with van der Waals surface area (Å²) in [5.41, 5.74) is 3.27. The lowest BCUT2D eigenvalue weighted by Gasteiger charge is -2.33. The van der Waals surface area contributed by atoms with Crippen LogP contribution in [-0.4, -0.2) is 43.6 Å². The van der Waals surface area contributed by atoms with E-state index in [0.717, 1.165) is 38.6 Å². The van der Waals surface area contributed by atoms with Gasteiger partial charge < -0.3 is 10.6 Å². The molecule has 2 aromatic carbocycles. The predicted octanol–water partition coefficient (Wildman–Crippen LogP) is 4.46. The molecule has 2 aliphatic rings. The van der Waals surface area contributed by atoms with Crippen LogP contribution in [0.1, 0.15) is 36.8 Å². The summed E-state index contributed by atoms with van der Waals surface area (Å²) in [4.78, 5) is 7.05. The number of rotatable bonds is 7. The molecule has 30 heavy (non-hydrogen) atoms. The molecular formula is C25H35IN4. The first kappa shape index (κ1) is 23.1. The SMILES string of the molecule is CN=C(NCC1(Cc2ccccc2)CC1)NC1CCN(Cc2ccccc2)CC1.I. The lowest BCUT2D eigenvalue weighted by atomic mass is 9.96. The molecule has 2 fully saturated rings. The van der Waals surface area contributed by atoms with Gasteiger partial charge >= 0.3 is 0 Å². The molecule has 2 aromatic rings. The highest BCUT2D eigenvalue weighted by atomic mass is 127. The van der Waals surface area contributed by atoms with Crippen molar-refractivity contribution >= 4 is 29.9 Å². The zero-order chi connectivity index (χ0) is 19.9. The molecule has 0 spiro atoms. The van der Waals surface area contributed by atoms with E-state index in [-0.39, 0.29) is 24.0 Å². The maximum Gasteiger partial charge on any atom is 0.191 e. The number of hydrogen-bond donors (Lipinski definition) is 2. The van der Waals surface area contributed by atoms with Crippen molar-refractivity contribution in [3.05, 3.63) is 71.8 Å². The smallest absolute Gasteiger partial charge is 0.191 e. The summed E-state index contributed by atoms with van der Waals surface area (Å²) in [6.07, 6.45) is 6.12. The predicted molar refractivity (Wildman–Crippen MR) is 136 cm³/mol. The third-order valence-electron chi connectivity index (χ3n) is 6.41. The summed E-state index contributed by atoms with van der Waals surface area (Å²) in [5, 5.41) is 7.28. The number of guanidine groups is 1. The molecule has 0 amide bonds. The van der Waals surface area contributed by atoms with Crippen molar-refractivity contribution in [2.75, 3.05) is 26.7 Å². The molecule has 1 aliphatic heterocycles. The lowest BCUT2D eigenvalue weighted by molar-refractivity contribution is 0.198. The van der Waals surface area contributed by atoms with Gasteiger partial charge in [-0.05, 0) is 48.6 Å². The minimum absolute atomic E-state index is 0. The first-order valence-electron chi connectivity index (χ1n) is 11.0. The van der Waals surface area contributed by atoms with Crippen LogP contribution in [0, 0.1) is 5.41 Å². The second kappa shape index (κ2) is 11.1. The van der Waals surface area contributed by atoms with Crippen LogP contribution in [0.15, 0.2) is 65.7 Å². The van der Waals surface area contributed by atoms with Crippen molar-refractivity contribution in [3.8, 4) is 0 Å². The molecule has 2 N–H and O–H groups in total. The Hall–Kier alpha value is -1.60. The summed E-state index contributed by atoms with van der Waals surface area (Å²) in [5.74, 6) is 0.964. The maximum absolute atomic E-state index is 4.49. The Morgan fingerprint density at radius 2 is 1.57 bits per heavy atom. The summed E-state index contributed by atoms with van der Waals surface area (Å²) >= 11 is 0. The van der Waals surface area contributed by atoms with E-state index in [9.17, 15) is 0 Å². The van der Waals surface area contributed by atoms with Crippen LogP contribution in [0.5, 0.6) is 0 Å². The summed E-state index contributed by atoms with van der Waals surface area (Å²) < 4.78 is 0. The minimum atomic E-state index is 0. The van der Waals surface area contributed by atoms with E-state index in [2.05, 4.69) is 81.2 Å².